The van der Waals surface area contributed by atoms with Gasteiger partial charge in [0.05, 0.1) is 0 Å². The van der Waals surface area contributed by atoms with Crippen LogP contribution in [0, 0.1) is 5.41 Å². The molecule has 0 spiro atoms. The quantitative estimate of drug-likeness (QED) is 0.714. The monoisotopic (exact) mass is 235 g/mol. The van der Waals surface area contributed by atoms with Crippen molar-refractivity contribution >= 4 is 10.2 Å². The summed E-state index contributed by atoms with van der Waals surface area (Å²) in [4.78, 5) is 0. The van der Waals surface area contributed by atoms with Gasteiger partial charge < -0.3 is 5.73 Å². The van der Waals surface area contributed by atoms with Gasteiger partial charge in [0.25, 0.3) is 10.2 Å². The fourth-order valence-corrected chi connectivity index (χ4v) is 2.95. The van der Waals surface area contributed by atoms with Crippen LogP contribution in [-0.2, 0) is 10.2 Å². The van der Waals surface area contributed by atoms with Crippen molar-refractivity contribution in [3.63, 3.8) is 0 Å². The van der Waals surface area contributed by atoms with Gasteiger partial charge in [0, 0.05) is 19.6 Å². The number of hydrogen-bond donors (Lipinski definition) is 2. The zero-order valence-corrected chi connectivity index (χ0v) is 10.3. The van der Waals surface area contributed by atoms with Crippen LogP contribution in [0.3, 0.4) is 0 Å². The third-order valence-electron chi connectivity index (χ3n) is 3.09. The van der Waals surface area contributed by atoms with E-state index in [0.29, 0.717) is 26.2 Å². The van der Waals surface area contributed by atoms with E-state index in [4.69, 9.17) is 5.73 Å². The number of nitrogens with zero attached hydrogens (tertiary/aromatic N) is 1. The third-order valence-corrected chi connectivity index (χ3v) is 4.79. The van der Waals surface area contributed by atoms with Crippen molar-refractivity contribution in [1.29, 1.82) is 0 Å². The Labute approximate surface area is 92.2 Å². The molecule has 0 unspecified atom stereocenters. The minimum absolute atomic E-state index is 0.109. The third kappa shape index (κ3) is 3.14. The molecule has 90 valence electrons. The Kier molecular flexibility index (Phi) is 4.11. The molecule has 0 aromatic heterocycles. The fraction of sp³-hybridized carbons (Fsp3) is 1.00. The number of rotatable bonds is 4. The molecule has 0 amide bonds. The lowest BCUT2D eigenvalue weighted by Gasteiger charge is -2.37. The molecule has 15 heavy (non-hydrogen) atoms. The van der Waals surface area contributed by atoms with Crippen molar-refractivity contribution in [2.24, 2.45) is 11.1 Å². The molecule has 1 fully saturated rings. The normalized spacial score (nSPS) is 22.9. The summed E-state index contributed by atoms with van der Waals surface area (Å²) >= 11 is 0. The summed E-state index contributed by atoms with van der Waals surface area (Å²) in [5.74, 6) is 0. The highest BCUT2D eigenvalue weighted by molar-refractivity contribution is 7.87. The van der Waals surface area contributed by atoms with Gasteiger partial charge >= 0.3 is 0 Å². The molecule has 0 aromatic rings. The first kappa shape index (κ1) is 12.9. The van der Waals surface area contributed by atoms with Gasteiger partial charge in [-0.05, 0) is 24.8 Å². The van der Waals surface area contributed by atoms with E-state index < -0.39 is 10.2 Å². The highest BCUT2D eigenvalue weighted by Gasteiger charge is 2.33. The number of nitrogens with one attached hydrogen (secondary N) is 1. The molecule has 0 aromatic carbocycles. The van der Waals surface area contributed by atoms with Crippen LogP contribution in [-0.4, -0.2) is 38.9 Å². The van der Waals surface area contributed by atoms with Crippen LogP contribution in [0.1, 0.15) is 26.7 Å². The Hall–Kier alpha value is -0.170. The molecular weight excluding hydrogens is 214 g/mol. The molecule has 0 atom stereocenters. The molecule has 0 bridgehead atoms. The van der Waals surface area contributed by atoms with Gasteiger partial charge in [-0.15, -0.1) is 0 Å². The van der Waals surface area contributed by atoms with E-state index >= 15 is 0 Å². The van der Waals surface area contributed by atoms with Crippen molar-refractivity contribution in [1.82, 2.24) is 9.03 Å². The first-order valence-electron chi connectivity index (χ1n) is 5.38. The van der Waals surface area contributed by atoms with E-state index in [1.165, 1.54) is 4.31 Å². The van der Waals surface area contributed by atoms with E-state index in [1.54, 1.807) is 6.92 Å². The molecule has 1 saturated heterocycles. The smallest absolute Gasteiger partial charge is 0.279 e. The molecule has 1 rings (SSSR count). The first-order valence-corrected chi connectivity index (χ1v) is 6.82. The Morgan fingerprint density at radius 2 is 1.93 bits per heavy atom. The predicted molar refractivity (Wildman–Crippen MR) is 60.6 cm³/mol. The van der Waals surface area contributed by atoms with Gasteiger partial charge in [0.2, 0.25) is 0 Å². The number of piperidine rings is 1. The molecule has 6 heteroatoms. The Balaban J connectivity index is 2.58. The molecule has 5 nitrogen and oxygen atoms in total. The minimum Gasteiger partial charge on any atom is -0.330 e. The summed E-state index contributed by atoms with van der Waals surface area (Å²) in [6.45, 7) is 6.11. The average Bonchev–Trinajstić information content (AvgIpc) is 2.18. The highest BCUT2D eigenvalue weighted by atomic mass is 32.2. The molecule has 3 N–H and O–H groups in total. The van der Waals surface area contributed by atoms with Crippen molar-refractivity contribution in [3.8, 4) is 0 Å². The van der Waals surface area contributed by atoms with Gasteiger partial charge in [-0.25, -0.2) is 4.72 Å². The molecule has 1 heterocycles. The van der Waals surface area contributed by atoms with E-state index in [2.05, 4.69) is 11.6 Å². The van der Waals surface area contributed by atoms with Crippen molar-refractivity contribution in [3.05, 3.63) is 0 Å². The summed E-state index contributed by atoms with van der Waals surface area (Å²) in [7, 11) is -3.25. The molecule has 1 aliphatic heterocycles. The van der Waals surface area contributed by atoms with Crippen molar-refractivity contribution in [2.45, 2.75) is 26.7 Å². The standard InChI is InChI=1S/C9H21N3O2S/c1-3-11-15(13,14)12-6-4-9(2,8-10)5-7-12/h11H,3-8,10H2,1-2H3. The van der Waals surface area contributed by atoms with Crippen LogP contribution in [0.2, 0.25) is 0 Å². The van der Waals surface area contributed by atoms with Crippen LogP contribution in [0.15, 0.2) is 0 Å². The van der Waals surface area contributed by atoms with E-state index in [9.17, 15) is 8.42 Å². The maximum atomic E-state index is 11.7. The Morgan fingerprint density at radius 3 is 2.33 bits per heavy atom. The first-order chi connectivity index (χ1) is 6.93. The summed E-state index contributed by atoms with van der Waals surface area (Å²) in [6, 6.07) is 0. The highest BCUT2D eigenvalue weighted by Crippen LogP contribution is 2.30. The summed E-state index contributed by atoms with van der Waals surface area (Å²) in [5.41, 5.74) is 5.78. The van der Waals surface area contributed by atoms with Crippen LogP contribution in [0.25, 0.3) is 0 Å². The lowest BCUT2D eigenvalue weighted by molar-refractivity contribution is 0.181. The Morgan fingerprint density at radius 1 is 1.40 bits per heavy atom. The maximum Gasteiger partial charge on any atom is 0.279 e. The van der Waals surface area contributed by atoms with Crippen molar-refractivity contribution in [2.75, 3.05) is 26.2 Å². The number of nitrogens with two attached hydrogens (primary N) is 1. The van der Waals surface area contributed by atoms with Gasteiger partial charge in [-0.2, -0.15) is 12.7 Å². The van der Waals surface area contributed by atoms with Gasteiger partial charge in [-0.1, -0.05) is 13.8 Å². The Bertz CT molecular complexity index is 294. The lowest BCUT2D eigenvalue weighted by atomic mass is 9.81. The SMILES string of the molecule is CCNS(=O)(=O)N1CCC(C)(CN)CC1. The molecule has 1 aliphatic rings. The predicted octanol–water partition coefficient (Wildman–Crippen LogP) is -0.0985. The lowest BCUT2D eigenvalue weighted by Crippen LogP contribution is -2.48. The maximum absolute atomic E-state index is 11.7. The molecule has 0 saturated carbocycles. The van der Waals surface area contributed by atoms with Gasteiger partial charge in [0.1, 0.15) is 0 Å². The second kappa shape index (κ2) is 4.78. The van der Waals surface area contributed by atoms with Crippen molar-refractivity contribution < 1.29 is 8.42 Å². The van der Waals surface area contributed by atoms with E-state index in [-0.39, 0.29) is 5.41 Å². The van der Waals surface area contributed by atoms with Crippen LogP contribution in [0.4, 0.5) is 0 Å². The zero-order chi connectivity index (χ0) is 11.5. The van der Waals surface area contributed by atoms with E-state index in [1.807, 2.05) is 0 Å². The molecule has 0 aliphatic carbocycles. The van der Waals surface area contributed by atoms with Crippen LogP contribution in [0.5, 0.6) is 0 Å². The van der Waals surface area contributed by atoms with Gasteiger partial charge in [-0.3, -0.25) is 0 Å². The second-order valence-electron chi connectivity index (χ2n) is 4.42. The molecule has 0 radical (unpaired) electrons. The van der Waals surface area contributed by atoms with Crippen LogP contribution >= 0.6 is 0 Å². The summed E-state index contributed by atoms with van der Waals surface area (Å²) in [6.07, 6.45) is 1.68. The number of hydrogen-bond acceptors (Lipinski definition) is 3. The minimum atomic E-state index is -3.25. The fourth-order valence-electron chi connectivity index (χ4n) is 1.74. The van der Waals surface area contributed by atoms with E-state index in [0.717, 1.165) is 12.8 Å². The summed E-state index contributed by atoms with van der Waals surface area (Å²) < 4.78 is 27.3. The largest absolute Gasteiger partial charge is 0.330 e. The van der Waals surface area contributed by atoms with Crippen LogP contribution < -0.4 is 10.5 Å². The molecular formula is C9H21N3O2S. The average molecular weight is 235 g/mol. The van der Waals surface area contributed by atoms with Gasteiger partial charge in [0.15, 0.2) is 0 Å². The second-order valence-corrected chi connectivity index (χ2v) is 6.17. The zero-order valence-electron chi connectivity index (χ0n) is 9.49. The topological polar surface area (TPSA) is 75.4 Å². The summed E-state index contributed by atoms with van der Waals surface area (Å²) in [5, 5.41) is 0.